The van der Waals surface area contributed by atoms with E-state index < -0.39 is 12.0 Å². The largest absolute Gasteiger partial charge is 0.480 e. The molecule has 1 rings (SSSR count). The van der Waals surface area contributed by atoms with Crippen LogP contribution in [0.4, 0.5) is 0 Å². The van der Waals surface area contributed by atoms with Crippen LogP contribution in [-0.2, 0) is 18.3 Å². The standard InChI is InChI=1S/C11H19N3O2/c1-4-10(11(15)16)13(2)8-6-9-5-7-12-14(9)3/h5,7,10H,4,6,8H2,1-3H3,(H,15,16). The molecule has 5 nitrogen and oxygen atoms in total. The van der Waals surface area contributed by atoms with E-state index in [0.717, 1.165) is 18.7 Å². The summed E-state index contributed by atoms with van der Waals surface area (Å²) in [5.74, 6) is -0.755. The molecule has 0 aromatic carbocycles. The van der Waals surface area contributed by atoms with E-state index in [4.69, 9.17) is 5.11 Å². The summed E-state index contributed by atoms with van der Waals surface area (Å²) in [6, 6.07) is 1.56. The van der Waals surface area contributed by atoms with Crippen molar-refractivity contribution in [2.75, 3.05) is 13.6 Å². The summed E-state index contributed by atoms with van der Waals surface area (Å²) in [5, 5.41) is 13.1. The number of rotatable bonds is 6. The second-order valence-electron chi connectivity index (χ2n) is 3.94. The maximum atomic E-state index is 10.9. The molecule has 16 heavy (non-hydrogen) atoms. The normalized spacial score (nSPS) is 13.0. The lowest BCUT2D eigenvalue weighted by Gasteiger charge is -2.23. The molecule has 0 fully saturated rings. The fourth-order valence-corrected chi connectivity index (χ4v) is 1.77. The minimum absolute atomic E-state index is 0.395. The van der Waals surface area contributed by atoms with E-state index >= 15 is 0 Å². The number of hydrogen-bond acceptors (Lipinski definition) is 3. The number of hydrogen-bond donors (Lipinski definition) is 1. The zero-order valence-electron chi connectivity index (χ0n) is 10.1. The van der Waals surface area contributed by atoms with Crippen molar-refractivity contribution in [1.29, 1.82) is 0 Å². The maximum Gasteiger partial charge on any atom is 0.320 e. The van der Waals surface area contributed by atoms with Gasteiger partial charge in [-0.05, 0) is 19.5 Å². The minimum atomic E-state index is -0.755. The molecule has 0 saturated heterocycles. The summed E-state index contributed by atoms with van der Waals surface area (Å²) in [5.41, 5.74) is 1.12. The summed E-state index contributed by atoms with van der Waals surface area (Å²) < 4.78 is 1.82. The lowest BCUT2D eigenvalue weighted by atomic mass is 10.2. The first kappa shape index (κ1) is 12.7. The quantitative estimate of drug-likeness (QED) is 0.776. The van der Waals surface area contributed by atoms with Crippen LogP contribution in [0.1, 0.15) is 19.0 Å². The van der Waals surface area contributed by atoms with Crippen LogP contribution in [0.2, 0.25) is 0 Å². The van der Waals surface area contributed by atoms with E-state index in [1.165, 1.54) is 0 Å². The van der Waals surface area contributed by atoms with Crippen molar-refractivity contribution in [3.05, 3.63) is 18.0 Å². The third-order valence-corrected chi connectivity index (χ3v) is 2.85. The summed E-state index contributed by atoms with van der Waals surface area (Å²) >= 11 is 0. The molecule has 1 unspecified atom stereocenters. The van der Waals surface area contributed by atoms with Crippen molar-refractivity contribution in [3.8, 4) is 0 Å². The van der Waals surface area contributed by atoms with Crippen molar-refractivity contribution in [2.45, 2.75) is 25.8 Å². The highest BCUT2D eigenvalue weighted by molar-refractivity contribution is 5.73. The van der Waals surface area contributed by atoms with Gasteiger partial charge in [0.2, 0.25) is 0 Å². The molecule has 0 aliphatic heterocycles. The van der Waals surface area contributed by atoms with Gasteiger partial charge in [0, 0.05) is 31.9 Å². The first-order chi connectivity index (χ1) is 7.56. The lowest BCUT2D eigenvalue weighted by Crippen LogP contribution is -2.39. The van der Waals surface area contributed by atoms with E-state index in [9.17, 15) is 4.79 Å². The Balaban J connectivity index is 2.49. The molecule has 1 aromatic heterocycles. The van der Waals surface area contributed by atoms with Gasteiger partial charge in [-0.25, -0.2) is 0 Å². The lowest BCUT2D eigenvalue weighted by molar-refractivity contribution is -0.142. The average Bonchev–Trinajstić information content (AvgIpc) is 2.61. The predicted molar refractivity (Wildman–Crippen MR) is 61.3 cm³/mol. The molecular formula is C11H19N3O2. The van der Waals surface area contributed by atoms with Gasteiger partial charge in [-0.3, -0.25) is 14.4 Å². The van der Waals surface area contributed by atoms with Crippen molar-refractivity contribution in [3.63, 3.8) is 0 Å². The van der Waals surface area contributed by atoms with Crippen LogP contribution in [0, 0.1) is 0 Å². The van der Waals surface area contributed by atoms with Crippen LogP contribution in [-0.4, -0.2) is 45.4 Å². The Kier molecular flexibility index (Phi) is 4.49. The van der Waals surface area contributed by atoms with Crippen LogP contribution in [0.25, 0.3) is 0 Å². The molecule has 0 amide bonds. The fourth-order valence-electron chi connectivity index (χ4n) is 1.77. The van der Waals surface area contributed by atoms with Gasteiger partial charge >= 0.3 is 5.97 Å². The topological polar surface area (TPSA) is 58.4 Å². The smallest absolute Gasteiger partial charge is 0.320 e. The van der Waals surface area contributed by atoms with Gasteiger partial charge in [0.05, 0.1) is 0 Å². The second-order valence-corrected chi connectivity index (χ2v) is 3.94. The van der Waals surface area contributed by atoms with Gasteiger partial charge in [-0.1, -0.05) is 6.92 Å². The Morgan fingerprint density at radius 2 is 2.38 bits per heavy atom. The molecule has 90 valence electrons. The SMILES string of the molecule is CCC(C(=O)O)N(C)CCc1ccnn1C. The summed E-state index contributed by atoms with van der Waals surface area (Å²) in [6.45, 7) is 2.61. The molecule has 1 N–H and O–H groups in total. The van der Waals surface area contributed by atoms with Crippen molar-refractivity contribution in [1.82, 2.24) is 14.7 Å². The number of likely N-dealkylation sites (N-methyl/N-ethyl adjacent to an activating group) is 1. The number of carbonyl (C=O) groups is 1. The molecule has 0 bridgehead atoms. The third-order valence-electron chi connectivity index (χ3n) is 2.85. The Hall–Kier alpha value is -1.36. The molecule has 1 atom stereocenters. The van der Waals surface area contributed by atoms with Crippen molar-refractivity contribution in [2.24, 2.45) is 7.05 Å². The zero-order chi connectivity index (χ0) is 12.1. The number of nitrogens with zero attached hydrogens (tertiary/aromatic N) is 3. The number of carboxylic acid groups (broad SMARTS) is 1. The summed E-state index contributed by atoms with van der Waals surface area (Å²) in [7, 11) is 3.74. The predicted octanol–water partition coefficient (Wildman–Crippen LogP) is 0.758. The van der Waals surface area contributed by atoms with E-state index in [2.05, 4.69) is 5.10 Å². The van der Waals surface area contributed by atoms with E-state index in [1.807, 2.05) is 36.7 Å². The van der Waals surface area contributed by atoms with Gasteiger partial charge in [0.1, 0.15) is 6.04 Å². The molecule has 0 aliphatic rings. The number of carboxylic acids is 1. The first-order valence-corrected chi connectivity index (χ1v) is 5.46. The van der Waals surface area contributed by atoms with Gasteiger partial charge in [0.15, 0.2) is 0 Å². The Morgan fingerprint density at radius 1 is 1.69 bits per heavy atom. The first-order valence-electron chi connectivity index (χ1n) is 5.46. The maximum absolute atomic E-state index is 10.9. The van der Waals surface area contributed by atoms with Crippen molar-refractivity contribution < 1.29 is 9.90 Å². The summed E-state index contributed by atoms with van der Waals surface area (Å²) in [6.07, 6.45) is 3.19. The van der Waals surface area contributed by atoms with Crippen LogP contribution < -0.4 is 0 Å². The fraction of sp³-hybridized carbons (Fsp3) is 0.636. The van der Waals surface area contributed by atoms with Gasteiger partial charge < -0.3 is 5.11 Å². The number of aliphatic carboxylic acids is 1. The van der Waals surface area contributed by atoms with E-state index in [0.29, 0.717) is 6.42 Å². The molecule has 1 heterocycles. The molecule has 0 aliphatic carbocycles. The second kappa shape index (κ2) is 5.65. The molecule has 5 heteroatoms. The van der Waals surface area contributed by atoms with E-state index in [1.54, 1.807) is 6.20 Å². The van der Waals surface area contributed by atoms with E-state index in [-0.39, 0.29) is 0 Å². The molecular weight excluding hydrogens is 206 g/mol. The van der Waals surface area contributed by atoms with Crippen molar-refractivity contribution >= 4 is 5.97 Å². The molecule has 0 radical (unpaired) electrons. The average molecular weight is 225 g/mol. The highest BCUT2D eigenvalue weighted by Crippen LogP contribution is 2.05. The number of aryl methyl sites for hydroxylation is 1. The van der Waals surface area contributed by atoms with Gasteiger partial charge in [-0.2, -0.15) is 5.10 Å². The third kappa shape index (κ3) is 3.06. The highest BCUT2D eigenvalue weighted by Gasteiger charge is 2.19. The molecule has 0 saturated carbocycles. The van der Waals surface area contributed by atoms with Crippen LogP contribution in [0.15, 0.2) is 12.3 Å². The van der Waals surface area contributed by atoms with Crippen LogP contribution >= 0.6 is 0 Å². The minimum Gasteiger partial charge on any atom is -0.480 e. The summed E-state index contributed by atoms with van der Waals surface area (Å²) in [4.78, 5) is 12.8. The Morgan fingerprint density at radius 3 is 2.81 bits per heavy atom. The number of aromatic nitrogens is 2. The van der Waals surface area contributed by atoms with Gasteiger partial charge in [0.25, 0.3) is 0 Å². The van der Waals surface area contributed by atoms with Crippen LogP contribution in [0.5, 0.6) is 0 Å². The molecule has 1 aromatic rings. The zero-order valence-corrected chi connectivity index (χ0v) is 10.1. The Bertz CT molecular complexity index is 349. The van der Waals surface area contributed by atoms with Crippen LogP contribution in [0.3, 0.4) is 0 Å². The molecule has 0 spiro atoms. The Labute approximate surface area is 95.7 Å². The monoisotopic (exact) mass is 225 g/mol. The van der Waals surface area contributed by atoms with Gasteiger partial charge in [-0.15, -0.1) is 0 Å². The highest BCUT2D eigenvalue weighted by atomic mass is 16.4.